The Kier molecular flexibility index (Phi) is 5.22. The number of ether oxygens (including phenoxy) is 1. The van der Waals surface area contributed by atoms with Gasteiger partial charge in [-0.1, -0.05) is 120 Å². The van der Waals surface area contributed by atoms with E-state index in [1.54, 1.807) is 6.07 Å². The van der Waals surface area contributed by atoms with Crippen LogP contribution in [0.3, 0.4) is 0 Å². The Bertz CT molecular complexity index is 1890. The number of rotatable bonds is 2. The zero-order valence-corrected chi connectivity index (χ0v) is 22.9. The Morgan fingerprint density at radius 1 is 0.400 bits per heavy atom. The van der Waals surface area contributed by atoms with Crippen LogP contribution in [0.4, 0.5) is 0 Å². The molecule has 40 heavy (non-hydrogen) atoms. The van der Waals surface area contributed by atoms with E-state index in [1.165, 1.54) is 38.9 Å². The highest BCUT2D eigenvalue weighted by atomic mass is 35.5. The molecular weight excluding hydrogens is 531 g/mol. The first-order chi connectivity index (χ1) is 19.6. The van der Waals surface area contributed by atoms with E-state index < -0.39 is 5.41 Å². The molecule has 3 heteroatoms. The zero-order valence-electron chi connectivity index (χ0n) is 21.4. The molecule has 6 aromatic carbocycles. The summed E-state index contributed by atoms with van der Waals surface area (Å²) in [6.07, 6.45) is 0. The number of halogens is 2. The molecule has 0 radical (unpaired) electrons. The van der Waals surface area contributed by atoms with Gasteiger partial charge >= 0.3 is 0 Å². The molecule has 0 saturated heterocycles. The van der Waals surface area contributed by atoms with Crippen molar-refractivity contribution in [2.24, 2.45) is 0 Å². The fraction of sp³-hybridized carbons (Fsp3) is 0.0270. The third-order valence-corrected chi connectivity index (χ3v) is 8.70. The highest BCUT2D eigenvalue weighted by molar-refractivity contribution is 6.35. The molecular formula is C37H22Cl2O. The fourth-order valence-electron chi connectivity index (χ4n) is 6.61. The van der Waals surface area contributed by atoms with Crippen molar-refractivity contribution in [1.82, 2.24) is 0 Å². The Morgan fingerprint density at radius 2 is 0.900 bits per heavy atom. The summed E-state index contributed by atoms with van der Waals surface area (Å²) in [7, 11) is 0. The van der Waals surface area contributed by atoms with Crippen LogP contribution in [0.1, 0.15) is 22.3 Å². The molecule has 0 atom stereocenters. The summed E-state index contributed by atoms with van der Waals surface area (Å²) in [5, 5.41) is 1.26. The lowest BCUT2D eigenvalue weighted by Gasteiger charge is -2.39. The lowest BCUT2D eigenvalue weighted by atomic mass is 9.66. The Morgan fingerprint density at radius 3 is 1.55 bits per heavy atom. The fourth-order valence-corrected chi connectivity index (χ4v) is 7.14. The van der Waals surface area contributed by atoms with Crippen LogP contribution in [0.2, 0.25) is 10.0 Å². The predicted molar refractivity (Wildman–Crippen MR) is 165 cm³/mol. The highest BCUT2D eigenvalue weighted by Crippen LogP contribution is 2.62. The molecule has 0 saturated carbocycles. The highest BCUT2D eigenvalue weighted by Gasteiger charge is 2.50. The molecule has 0 aromatic heterocycles. The number of hydrogen-bond donors (Lipinski definition) is 0. The molecule has 190 valence electrons. The van der Waals surface area contributed by atoms with Crippen molar-refractivity contribution in [3.63, 3.8) is 0 Å². The molecule has 0 N–H and O–H groups in total. The normalized spacial score (nSPS) is 13.7. The maximum absolute atomic E-state index is 6.46. The van der Waals surface area contributed by atoms with Crippen molar-refractivity contribution in [3.8, 4) is 44.9 Å². The lowest BCUT2D eigenvalue weighted by molar-refractivity contribution is 0.436. The summed E-state index contributed by atoms with van der Waals surface area (Å²) in [5.74, 6) is 1.80. The summed E-state index contributed by atoms with van der Waals surface area (Å²) in [6, 6.07) is 46.9. The van der Waals surface area contributed by atoms with Crippen molar-refractivity contribution in [2.75, 3.05) is 0 Å². The molecule has 2 aliphatic rings. The van der Waals surface area contributed by atoms with E-state index in [0.29, 0.717) is 10.0 Å². The van der Waals surface area contributed by atoms with Crippen LogP contribution >= 0.6 is 23.2 Å². The van der Waals surface area contributed by atoms with Gasteiger partial charge in [-0.15, -0.1) is 0 Å². The van der Waals surface area contributed by atoms with Crippen molar-refractivity contribution < 1.29 is 4.74 Å². The van der Waals surface area contributed by atoms with E-state index in [4.69, 9.17) is 27.9 Å². The van der Waals surface area contributed by atoms with Gasteiger partial charge in [0.05, 0.1) is 5.41 Å². The third kappa shape index (κ3) is 3.35. The van der Waals surface area contributed by atoms with Crippen LogP contribution in [0.15, 0.2) is 133 Å². The van der Waals surface area contributed by atoms with Gasteiger partial charge in [0, 0.05) is 21.2 Å². The summed E-state index contributed by atoms with van der Waals surface area (Å²) in [5.41, 5.74) is 11.4. The van der Waals surface area contributed by atoms with Crippen molar-refractivity contribution in [1.29, 1.82) is 0 Å². The standard InChI is InChI=1S/C37H22Cl2O/c38-27-19-26(20-28(39)22-27)24-15-13-23(14-16-24)25-17-18-30-29-7-1-2-8-31(29)37(34(30)21-25)32-9-3-5-11-35(32)40-36-12-6-4-10-33(36)37/h1-22H. The largest absolute Gasteiger partial charge is 0.457 e. The third-order valence-electron chi connectivity index (χ3n) is 8.26. The summed E-state index contributed by atoms with van der Waals surface area (Å²) < 4.78 is 6.46. The smallest absolute Gasteiger partial charge is 0.132 e. The second-order valence-electron chi connectivity index (χ2n) is 10.4. The van der Waals surface area contributed by atoms with Crippen molar-refractivity contribution in [2.45, 2.75) is 5.41 Å². The minimum Gasteiger partial charge on any atom is -0.457 e. The van der Waals surface area contributed by atoms with Gasteiger partial charge in [0.2, 0.25) is 0 Å². The van der Waals surface area contributed by atoms with E-state index in [9.17, 15) is 0 Å². The van der Waals surface area contributed by atoms with E-state index >= 15 is 0 Å². The van der Waals surface area contributed by atoms with E-state index in [-0.39, 0.29) is 0 Å². The second-order valence-corrected chi connectivity index (χ2v) is 11.3. The van der Waals surface area contributed by atoms with Crippen LogP contribution in [0, 0.1) is 0 Å². The van der Waals surface area contributed by atoms with Gasteiger partial charge in [0.1, 0.15) is 11.5 Å². The minimum absolute atomic E-state index is 0.467. The van der Waals surface area contributed by atoms with Gasteiger partial charge in [0.25, 0.3) is 0 Å². The first-order valence-corrected chi connectivity index (χ1v) is 14.1. The van der Waals surface area contributed by atoms with Crippen LogP contribution in [0.5, 0.6) is 11.5 Å². The molecule has 1 aliphatic heterocycles. The molecule has 0 unspecified atom stereocenters. The lowest BCUT2D eigenvalue weighted by Crippen LogP contribution is -2.32. The van der Waals surface area contributed by atoms with Crippen molar-refractivity contribution in [3.05, 3.63) is 166 Å². The molecule has 1 heterocycles. The van der Waals surface area contributed by atoms with Crippen LogP contribution in [0.25, 0.3) is 33.4 Å². The first kappa shape index (κ1) is 23.6. The number of fused-ring (bicyclic) bond motifs is 9. The number of benzene rings is 6. The van der Waals surface area contributed by atoms with Gasteiger partial charge in [-0.25, -0.2) is 0 Å². The summed E-state index contributed by atoms with van der Waals surface area (Å²) in [4.78, 5) is 0. The molecule has 1 spiro atoms. The minimum atomic E-state index is -0.467. The SMILES string of the molecule is Clc1cc(Cl)cc(-c2ccc(-c3ccc4c(c3)C3(c5ccccc5Oc5ccccc53)c3ccccc3-4)cc2)c1. The molecule has 8 rings (SSSR count). The maximum atomic E-state index is 6.46. The average molecular weight is 553 g/mol. The van der Waals surface area contributed by atoms with Gasteiger partial charge < -0.3 is 4.74 Å². The van der Waals surface area contributed by atoms with Crippen LogP contribution in [-0.2, 0) is 5.41 Å². The Hall–Kier alpha value is -4.30. The summed E-state index contributed by atoms with van der Waals surface area (Å²) in [6.45, 7) is 0. The van der Waals surface area contributed by atoms with Crippen LogP contribution in [-0.4, -0.2) is 0 Å². The molecule has 1 nitrogen and oxygen atoms in total. The molecule has 0 fully saturated rings. The molecule has 0 bridgehead atoms. The topological polar surface area (TPSA) is 9.23 Å². The molecule has 6 aromatic rings. The van der Waals surface area contributed by atoms with Crippen molar-refractivity contribution >= 4 is 23.2 Å². The maximum Gasteiger partial charge on any atom is 0.132 e. The van der Waals surface area contributed by atoms with Crippen LogP contribution < -0.4 is 4.74 Å². The average Bonchev–Trinajstić information content (AvgIpc) is 3.27. The monoisotopic (exact) mass is 552 g/mol. The quantitative estimate of drug-likeness (QED) is 0.207. The van der Waals surface area contributed by atoms with Gasteiger partial charge in [-0.05, 0) is 80.9 Å². The first-order valence-electron chi connectivity index (χ1n) is 13.3. The Labute approximate surface area is 243 Å². The van der Waals surface area contributed by atoms with Gasteiger partial charge in [-0.3, -0.25) is 0 Å². The number of hydrogen-bond acceptors (Lipinski definition) is 1. The number of para-hydroxylation sites is 2. The zero-order chi connectivity index (χ0) is 26.8. The molecule has 1 aliphatic carbocycles. The van der Waals surface area contributed by atoms with Gasteiger partial charge in [0.15, 0.2) is 0 Å². The van der Waals surface area contributed by atoms with E-state index in [2.05, 4.69) is 103 Å². The summed E-state index contributed by atoms with van der Waals surface area (Å²) >= 11 is 12.5. The predicted octanol–water partition coefficient (Wildman–Crippen LogP) is 10.8. The second kappa shape index (κ2) is 8.86. The molecule has 0 amide bonds. The van der Waals surface area contributed by atoms with Gasteiger partial charge in [-0.2, -0.15) is 0 Å². The van der Waals surface area contributed by atoms with E-state index in [1.807, 2.05) is 24.3 Å². The van der Waals surface area contributed by atoms with E-state index in [0.717, 1.165) is 28.2 Å². The Balaban J connectivity index is 1.35.